The van der Waals surface area contributed by atoms with Gasteiger partial charge in [-0.1, -0.05) is 54.6 Å². The Morgan fingerprint density at radius 3 is 2.38 bits per heavy atom. The summed E-state index contributed by atoms with van der Waals surface area (Å²) in [7, 11) is 0. The van der Waals surface area contributed by atoms with Gasteiger partial charge in [-0.05, 0) is 23.6 Å². The summed E-state index contributed by atoms with van der Waals surface area (Å²) in [5, 5.41) is 5.07. The summed E-state index contributed by atoms with van der Waals surface area (Å²) < 4.78 is 0. The van der Waals surface area contributed by atoms with Gasteiger partial charge in [0.25, 0.3) is 5.91 Å². The molecule has 0 bridgehead atoms. The number of fused-ring (bicyclic) bond motifs is 1. The molecule has 0 aromatic heterocycles. The zero-order valence-electron chi connectivity index (χ0n) is 13.0. The summed E-state index contributed by atoms with van der Waals surface area (Å²) in [5.74, 6) is -0.384. The summed E-state index contributed by atoms with van der Waals surface area (Å²) in [6.45, 7) is 0. The third kappa shape index (κ3) is 2.42. The van der Waals surface area contributed by atoms with Crippen molar-refractivity contribution in [1.29, 1.82) is 0 Å². The van der Waals surface area contributed by atoms with Gasteiger partial charge >= 0.3 is 0 Å². The second kappa shape index (κ2) is 5.81. The number of hydrogen-bond acceptors (Lipinski definition) is 3. The molecule has 3 aromatic carbocycles. The Kier molecular flexibility index (Phi) is 3.50. The Morgan fingerprint density at radius 2 is 1.54 bits per heavy atom. The number of hydrogen-bond donors (Lipinski definition) is 1. The first kappa shape index (κ1) is 14.5. The van der Waals surface area contributed by atoms with E-state index in [9.17, 15) is 9.59 Å². The molecular weight excluding hydrogens is 300 g/mol. The maximum absolute atomic E-state index is 12.8. The minimum atomic E-state index is -0.529. The number of amides is 2. The van der Waals surface area contributed by atoms with Crippen LogP contribution >= 0.6 is 0 Å². The van der Waals surface area contributed by atoms with Gasteiger partial charge in [0.15, 0.2) is 0 Å². The highest BCUT2D eigenvalue weighted by atomic mass is 16.2. The van der Waals surface area contributed by atoms with E-state index in [1.807, 2.05) is 72.8 Å². The Bertz CT molecular complexity index is 916. The summed E-state index contributed by atoms with van der Waals surface area (Å²) in [4.78, 5) is 26.6. The molecule has 0 radical (unpaired) electrons. The quantitative estimate of drug-likeness (QED) is 0.751. The summed E-state index contributed by atoms with van der Waals surface area (Å²) >= 11 is 0. The lowest BCUT2D eigenvalue weighted by Crippen LogP contribution is -2.34. The third-order valence-corrected chi connectivity index (χ3v) is 4.27. The van der Waals surface area contributed by atoms with E-state index in [2.05, 4.69) is 5.32 Å². The van der Waals surface area contributed by atoms with E-state index in [0.29, 0.717) is 5.69 Å². The molecule has 2 amide bonds. The van der Waals surface area contributed by atoms with Crippen molar-refractivity contribution in [3.63, 3.8) is 0 Å². The first-order valence-corrected chi connectivity index (χ1v) is 7.90. The summed E-state index contributed by atoms with van der Waals surface area (Å²) in [5.41, 5.74) is 1.49. The number of carbonyl (C=O) groups is 2. The van der Waals surface area contributed by atoms with Crippen molar-refractivity contribution >= 4 is 34.0 Å². The minimum absolute atomic E-state index is 0.164. The molecule has 1 saturated heterocycles. The molecule has 1 aliphatic heterocycles. The molecule has 4 nitrogen and oxygen atoms in total. The van der Waals surface area contributed by atoms with Crippen LogP contribution in [0.5, 0.6) is 0 Å². The number of para-hydroxylation sites is 1. The van der Waals surface area contributed by atoms with Gasteiger partial charge in [-0.3, -0.25) is 9.59 Å². The SMILES string of the molecule is O=C1C[C@@H](Nc2ccccc2)C(=O)N1c1cccc2ccccc12. The normalized spacial score (nSPS) is 17.5. The van der Waals surface area contributed by atoms with E-state index in [0.717, 1.165) is 16.5 Å². The average molecular weight is 316 g/mol. The fourth-order valence-electron chi connectivity index (χ4n) is 3.14. The molecule has 1 aliphatic rings. The van der Waals surface area contributed by atoms with E-state index in [-0.39, 0.29) is 18.2 Å². The first-order valence-electron chi connectivity index (χ1n) is 7.90. The fourth-order valence-corrected chi connectivity index (χ4v) is 3.14. The maximum Gasteiger partial charge on any atom is 0.256 e. The Labute approximate surface area is 139 Å². The zero-order chi connectivity index (χ0) is 16.5. The van der Waals surface area contributed by atoms with Gasteiger partial charge in [0, 0.05) is 11.1 Å². The van der Waals surface area contributed by atoms with Crippen LogP contribution in [0.4, 0.5) is 11.4 Å². The number of imide groups is 1. The molecule has 4 heteroatoms. The molecule has 3 aromatic rings. The molecule has 0 unspecified atom stereocenters. The lowest BCUT2D eigenvalue weighted by atomic mass is 10.1. The van der Waals surface area contributed by atoms with Crippen molar-refractivity contribution in [2.75, 3.05) is 10.2 Å². The van der Waals surface area contributed by atoms with E-state index in [1.54, 1.807) is 0 Å². The molecule has 1 N–H and O–H groups in total. The van der Waals surface area contributed by atoms with Gasteiger partial charge < -0.3 is 5.32 Å². The van der Waals surface area contributed by atoms with Crippen molar-refractivity contribution in [3.8, 4) is 0 Å². The molecule has 4 rings (SSSR count). The van der Waals surface area contributed by atoms with Gasteiger partial charge in [0.2, 0.25) is 5.91 Å². The Balaban J connectivity index is 1.68. The highest BCUT2D eigenvalue weighted by Crippen LogP contribution is 2.31. The van der Waals surface area contributed by atoms with Crippen LogP contribution in [0.25, 0.3) is 10.8 Å². The van der Waals surface area contributed by atoms with E-state index >= 15 is 0 Å². The van der Waals surface area contributed by atoms with Gasteiger partial charge in [0.1, 0.15) is 6.04 Å². The number of benzene rings is 3. The lowest BCUT2D eigenvalue weighted by molar-refractivity contribution is -0.121. The predicted octanol–water partition coefficient (Wildman–Crippen LogP) is 3.58. The number of anilines is 2. The van der Waals surface area contributed by atoms with Gasteiger partial charge in [0.05, 0.1) is 12.1 Å². The molecule has 1 fully saturated rings. The number of rotatable bonds is 3. The Morgan fingerprint density at radius 1 is 0.833 bits per heavy atom. The van der Waals surface area contributed by atoms with Crippen LogP contribution in [0.15, 0.2) is 72.8 Å². The van der Waals surface area contributed by atoms with Gasteiger partial charge in [-0.2, -0.15) is 0 Å². The topological polar surface area (TPSA) is 49.4 Å². The van der Waals surface area contributed by atoms with Crippen LogP contribution in [0.2, 0.25) is 0 Å². The molecule has 1 atom stereocenters. The van der Waals surface area contributed by atoms with E-state index < -0.39 is 6.04 Å². The van der Waals surface area contributed by atoms with E-state index in [1.165, 1.54) is 4.90 Å². The highest BCUT2D eigenvalue weighted by Gasteiger charge is 2.40. The third-order valence-electron chi connectivity index (χ3n) is 4.27. The Hall–Kier alpha value is -3.14. The number of nitrogens with zero attached hydrogens (tertiary/aromatic N) is 1. The first-order chi connectivity index (χ1) is 11.7. The monoisotopic (exact) mass is 316 g/mol. The smallest absolute Gasteiger partial charge is 0.256 e. The number of nitrogens with one attached hydrogen (secondary N) is 1. The maximum atomic E-state index is 12.8. The largest absolute Gasteiger partial charge is 0.373 e. The van der Waals surface area contributed by atoms with Crippen LogP contribution in [0.3, 0.4) is 0 Å². The van der Waals surface area contributed by atoms with Crippen LogP contribution in [-0.4, -0.2) is 17.9 Å². The van der Waals surface area contributed by atoms with Gasteiger partial charge in [-0.25, -0.2) is 4.90 Å². The van der Waals surface area contributed by atoms with Crippen LogP contribution < -0.4 is 10.2 Å². The number of carbonyl (C=O) groups excluding carboxylic acids is 2. The lowest BCUT2D eigenvalue weighted by Gasteiger charge is -2.18. The molecule has 1 heterocycles. The minimum Gasteiger partial charge on any atom is -0.373 e. The fraction of sp³-hybridized carbons (Fsp3) is 0.100. The zero-order valence-corrected chi connectivity index (χ0v) is 13.0. The summed E-state index contributed by atoms with van der Waals surface area (Å²) in [6.07, 6.45) is 0.164. The molecule has 0 aliphatic carbocycles. The molecule has 118 valence electrons. The molecular formula is C20H16N2O2. The van der Waals surface area contributed by atoms with Crippen molar-refractivity contribution in [1.82, 2.24) is 0 Å². The second-order valence-electron chi connectivity index (χ2n) is 5.83. The molecule has 24 heavy (non-hydrogen) atoms. The van der Waals surface area contributed by atoms with Crippen molar-refractivity contribution in [2.45, 2.75) is 12.5 Å². The van der Waals surface area contributed by atoms with E-state index in [4.69, 9.17) is 0 Å². The van der Waals surface area contributed by atoms with Crippen LogP contribution in [0, 0.1) is 0 Å². The van der Waals surface area contributed by atoms with Crippen molar-refractivity contribution in [3.05, 3.63) is 72.8 Å². The summed E-state index contributed by atoms with van der Waals surface area (Å²) in [6, 6.07) is 22.4. The average Bonchev–Trinajstić information content (AvgIpc) is 2.89. The van der Waals surface area contributed by atoms with Crippen LogP contribution in [-0.2, 0) is 9.59 Å². The predicted molar refractivity (Wildman–Crippen MR) is 94.9 cm³/mol. The van der Waals surface area contributed by atoms with Crippen molar-refractivity contribution < 1.29 is 9.59 Å². The standard InChI is InChI=1S/C20H16N2O2/c23-19-13-17(21-15-9-2-1-3-10-15)20(24)22(19)18-12-6-8-14-7-4-5-11-16(14)18/h1-12,17,21H,13H2/t17-/m1/s1. The van der Waals surface area contributed by atoms with Crippen LogP contribution in [0.1, 0.15) is 6.42 Å². The van der Waals surface area contributed by atoms with Gasteiger partial charge in [-0.15, -0.1) is 0 Å². The van der Waals surface area contributed by atoms with Crippen molar-refractivity contribution in [2.24, 2.45) is 0 Å². The highest BCUT2D eigenvalue weighted by molar-refractivity contribution is 6.25. The molecule has 0 spiro atoms. The second-order valence-corrected chi connectivity index (χ2v) is 5.83. The molecule has 0 saturated carbocycles.